The molecular weight excluding hydrogens is 277 g/mol. The average Bonchev–Trinajstić information content (AvgIpc) is 2.65. The largest absolute Gasteiger partial charge is 0.408 e. The Balaban J connectivity index is 2.13. The van der Waals surface area contributed by atoms with Crippen molar-refractivity contribution in [3.05, 3.63) is 40.2 Å². The first-order valence-corrected chi connectivity index (χ1v) is 6.55. The number of aromatic amines is 1. The van der Waals surface area contributed by atoms with Gasteiger partial charge in [0, 0.05) is 16.2 Å². The Labute approximate surface area is 110 Å². The molecule has 0 bridgehead atoms. The molecule has 2 heterocycles. The number of hydrogen-bond donors (Lipinski definition) is 1. The van der Waals surface area contributed by atoms with Crippen LogP contribution in [0.3, 0.4) is 0 Å². The molecule has 0 radical (unpaired) electrons. The van der Waals surface area contributed by atoms with E-state index in [0.29, 0.717) is 21.7 Å². The minimum absolute atomic E-state index is 0.395. The number of fused-ring (bicyclic) bond motifs is 3. The quantitative estimate of drug-likeness (QED) is 0.875. The first kappa shape index (κ1) is 12.4. The van der Waals surface area contributed by atoms with Crippen molar-refractivity contribution in [3.63, 3.8) is 0 Å². The lowest BCUT2D eigenvalue weighted by atomic mass is 10.1. The maximum absolute atomic E-state index is 12.4. The van der Waals surface area contributed by atoms with Crippen molar-refractivity contribution in [3.8, 4) is 11.3 Å². The van der Waals surface area contributed by atoms with Crippen LogP contribution in [0.25, 0.3) is 11.3 Å². The standard InChI is InChI=1S/C12H9F3N2OS/c13-12(14,15)6-17-11(18)8-5-19-9-4-2-1-3-7(9)10(8)16-17/h1-4,16H,5-6H2. The van der Waals surface area contributed by atoms with Gasteiger partial charge < -0.3 is 0 Å². The second kappa shape index (κ2) is 4.19. The predicted octanol–water partition coefficient (Wildman–Crippen LogP) is 3.01. The van der Waals surface area contributed by atoms with Gasteiger partial charge in [-0.2, -0.15) is 13.2 Å². The third kappa shape index (κ3) is 2.18. The molecule has 19 heavy (non-hydrogen) atoms. The van der Waals surface area contributed by atoms with Crippen LogP contribution in [0.4, 0.5) is 13.2 Å². The molecule has 2 aromatic rings. The van der Waals surface area contributed by atoms with E-state index >= 15 is 0 Å². The van der Waals surface area contributed by atoms with Crippen LogP contribution in [-0.4, -0.2) is 16.0 Å². The zero-order valence-corrected chi connectivity index (χ0v) is 10.4. The number of nitrogens with one attached hydrogen (secondary N) is 1. The highest BCUT2D eigenvalue weighted by Crippen LogP contribution is 2.39. The van der Waals surface area contributed by atoms with E-state index in [2.05, 4.69) is 5.10 Å². The highest BCUT2D eigenvalue weighted by molar-refractivity contribution is 7.98. The Morgan fingerprint density at radius 1 is 1.32 bits per heavy atom. The van der Waals surface area contributed by atoms with Gasteiger partial charge in [-0.1, -0.05) is 18.2 Å². The van der Waals surface area contributed by atoms with Gasteiger partial charge >= 0.3 is 6.18 Å². The highest BCUT2D eigenvalue weighted by Gasteiger charge is 2.31. The van der Waals surface area contributed by atoms with Gasteiger partial charge in [0.25, 0.3) is 5.56 Å². The van der Waals surface area contributed by atoms with Crippen LogP contribution < -0.4 is 5.56 Å². The van der Waals surface area contributed by atoms with E-state index < -0.39 is 18.3 Å². The SMILES string of the molecule is O=c1c2c([nH]n1CC(F)(F)F)-c1ccccc1SC2. The molecule has 7 heteroatoms. The van der Waals surface area contributed by atoms with Gasteiger partial charge in [0.05, 0.1) is 11.3 Å². The van der Waals surface area contributed by atoms with Crippen molar-refractivity contribution in [2.24, 2.45) is 0 Å². The number of hydrogen-bond acceptors (Lipinski definition) is 2. The number of benzene rings is 1. The topological polar surface area (TPSA) is 37.8 Å². The Kier molecular flexibility index (Phi) is 2.74. The van der Waals surface area contributed by atoms with Gasteiger partial charge in [0.2, 0.25) is 0 Å². The summed E-state index contributed by atoms with van der Waals surface area (Å²) in [4.78, 5) is 12.9. The molecule has 3 rings (SSSR count). The molecule has 0 unspecified atom stereocenters. The fourth-order valence-corrected chi connectivity index (χ4v) is 3.19. The summed E-state index contributed by atoms with van der Waals surface area (Å²) in [5.74, 6) is 0.395. The third-order valence-electron chi connectivity index (χ3n) is 2.92. The third-order valence-corrected chi connectivity index (χ3v) is 4.02. The molecule has 0 fully saturated rings. The zero-order chi connectivity index (χ0) is 13.6. The minimum Gasteiger partial charge on any atom is -0.294 e. The van der Waals surface area contributed by atoms with Crippen molar-refractivity contribution in [2.75, 3.05) is 0 Å². The fraction of sp³-hybridized carbons (Fsp3) is 0.250. The molecule has 0 saturated carbocycles. The van der Waals surface area contributed by atoms with E-state index in [1.165, 1.54) is 11.8 Å². The van der Waals surface area contributed by atoms with E-state index in [4.69, 9.17) is 0 Å². The summed E-state index contributed by atoms with van der Waals surface area (Å²) < 4.78 is 37.8. The summed E-state index contributed by atoms with van der Waals surface area (Å²) in [6.07, 6.45) is -4.41. The van der Waals surface area contributed by atoms with E-state index in [0.717, 1.165) is 10.5 Å². The Morgan fingerprint density at radius 2 is 2.05 bits per heavy atom. The van der Waals surface area contributed by atoms with Crippen LogP contribution in [0.1, 0.15) is 5.56 Å². The summed E-state index contributed by atoms with van der Waals surface area (Å²) in [5, 5.41) is 2.59. The van der Waals surface area contributed by atoms with Crippen LogP contribution in [0.2, 0.25) is 0 Å². The number of thioether (sulfide) groups is 1. The molecular formula is C12H9F3N2OS. The van der Waals surface area contributed by atoms with Crippen LogP contribution in [0.5, 0.6) is 0 Å². The second-order valence-corrected chi connectivity index (χ2v) is 5.27. The fourth-order valence-electron chi connectivity index (χ4n) is 2.12. The number of rotatable bonds is 1. The molecule has 3 nitrogen and oxygen atoms in total. The number of alkyl halides is 3. The highest BCUT2D eigenvalue weighted by atomic mass is 32.2. The van der Waals surface area contributed by atoms with Crippen LogP contribution >= 0.6 is 11.8 Å². The molecule has 1 N–H and O–H groups in total. The molecule has 1 aromatic heterocycles. The maximum atomic E-state index is 12.4. The van der Waals surface area contributed by atoms with E-state index in [1.807, 2.05) is 12.1 Å². The lowest BCUT2D eigenvalue weighted by Crippen LogP contribution is -2.27. The Morgan fingerprint density at radius 3 is 2.79 bits per heavy atom. The molecule has 0 atom stereocenters. The summed E-state index contributed by atoms with van der Waals surface area (Å²) in [6.45, 7) is -1.29. The maximum Gasteiger partial charge on any atom is 0.408 e. The Bertz CT molecular complexity index is 687. The summed E-state index contributed by atoms with van der Waals surface area (Å²) in [7, 11) is 0. The lowest BCUT2D eigenvalue weighted by molar-refractivity contribution is -0.143. The Hall–Kier alpha value is -1.63. The normalized spacial score (nSPS) is 14.1. The molecule has 1 aliphatic heterocycles. The molecule has 100 valence electrons. The molecule has 0 saturated heterocycles. The smallest absolute Gasteiger partial charge is 0.294 e. The molecule has 1 aliphatic rings. The number of H-pyrrole nitrogens is 1. The number of nitrogens with zero attached hydrogens (tertiary/aromatic N) is 1. The second-order valence-electron chi connectivity index (χ2n) is 4.26. The van der Waals surface area contributed by atoms with E-state index in [1.54, 1.807) is 12.1 Å². The lowest BCUT2D eigenvalue weighted by Gasteiger charge is -2.13. The van der Waals surface area contributed by atoms with Gasteiger partial charge in [-0.25, -0.2) is 4.68 Å². The summed E-state index contributed by atoms with van der Waals surface area (Å²) in [6, 6.07) is 7.35. The first-order valence-electron chi connectivity index (χ1n) is 5.56. The van der Waals surface area contributed by atoms with Crippen LogP contribution in [0.15, 0.2) is 34.0 Å². The molecule has 0 amide bonds. The summed E-state index contributed by atoms with van der Waals surface area (Å²) >= 11 is 1.46. The van der Waals surface area contributed by atoms with Gasteiger partial charge in [-0.3, -0.25) is 9.89 Å². The van der Waals surface area contributed by atoms with Gasteiger partial charge in [0.15, 0.2) is 0 Å². The average molecular weight is 286 g/mol. The van der Waals surface area contributed by atoms with Crippen molar-refractivity contribution < 1.29 is 13.2 Å². The van der Waals surface area contributed by atoms with Crippen molar-refractivity contribution in [2.45, 2.75) is 23.4 Å². The van der Waals surface area contributed by atoms with Crippen LogP contribution in [0, 0.1) is 0 Å². The van der Waals surface area contributed by atoms with Gasteiger partial charge in [0.1, 0.15) is 6.54 Å². The van der Waals surface area contributed by atoms with Gasteiger partial charge in [-0.15, -0.1) is 11.8 Å². The monoisotopic (exact) mass is 286 g/mol. The summed E-state index contributed by atoms with van der Waals surface area (Å²) in [5.41, 5.74) is 1.11. The van der Waals surface area contributed by atoms with E-state index in [9.17, 15) is 18.0 Å². The number of aromatic nitrogens is 2. The predicted molar refractivity (Wildman–Crippen MR) is 66.1 cm³/mol. The number of halogens is 3. The van der Waals surface area contributed by atoms with Crippen molar-refractivity contribution in [1.29, 1.82) is 0 Å². The molecule has 0 aliphatic carbocycles. The molecule has 0 spiro atoms. The first-order chi connectivity index (χ1) is 8.96. The van der Waals surface area contributed by atoms with Gasteiger partial charge in [-0.05, 0) is 6.07 Å². The zero-order valence-electron chi connectivity index (χ0n) is 9.62. The van der Waals surface area contributed by atoms with Crippen molar-refractivity contribution >= 4 is 11.8 Å². The van der Waals surface area contributed by atoms with Crippen molar-refractivity contribution in [1.82, 2.24) is 9.78 Å². The minimum atomic E-state index is -4.41. The molecule has 1 aromatic carbocycles. The van der Waals surface area contributed by atoms with Crippen LogP contribution in [-0.2, 0) is 12.3 Å². The van der Waals surface area contributed by atoms with E-state index in [-0.39, 0.29) is 0 Å².